The standard InChI is InChI=1S/C24H33N3O3/c1-18(2)30-23-16-20(9-10-22(23)29-3)27-14-13-26(12-11-24(25)28)21(17-27)15-19-7-5-4-6-8-19/h4-10,16,18,21H,11-15,17H2,1-3H3,(H2,25,28). The van der Waals surface area contributed by atoms with E-state index in [1.807, 2.05) is 26.0 Å². The van der Waals surface area contributed by atoms with Crippen LogP contribution in [0.5, 0.6) is 11.5 Å². The van der Waals surface area contributed by atoms with Gasteiger partial charge in [0.1, 0.15) is 0 Å². The molecule has 2 aromatic carbocycles. The second-order valence-electron chi connectivity index (χ2n) is 8.04. The largest absolute Gasteiger partial charge is 0.493 e. The molecule has 1 atom stereocenters. The molecule has 0 saturated carbocycles. The van der Waals surface area contributed by atoms with Crippen molar-refractivity contribution in [1.29, 1.82) is 0 Å². The zero-order chi connectivity index (χ0) is 21.5. The number of nitrogens with zero attached hydrogens (tertiary/aromatic N) is 2. The maximum absolute atomic E-state index is 11.3. The van der Waals surface area contributed by atoms with E-state index in [9.17, 15) is 4.79 Å². The van der Waals surface area contributed by atoms with Crippen molar-refractivity contribution in [1.82, 2.24) is 4.90 Å². The Balaban J connectivity index is 1.79. The fraction of sp³-hybridized carbons (Fsp3) is 0.458. The summed E-state index contributed by atoms with van der Waals surface area (Å²) in [6.07, 6.45) is 1.40. The van der Waals surface area contributed by atoms with Gasteiger partial charge < -0.3 is 20.1 Å². The minimum absolute atomic E-state index is 0.0747. The van der Waals surface area contributed by atoms with Crippen LogP contribution in [0.3, 0.4) is 0 Å². The summed E-state index contributed by atoms with van der Waals surface area (Å²) >= 11 is 0. The van der Waals surface area contributed by atoms with E-state index < -0.39 is 0 Å². The maximum atomic E-state index is 11.3. The van der Waals surface area contributed by atoms with Crippen LogP contribution in [0.4, 0.5) is 5.69 Å². The first-order valence-electron chi connectivity index (χ1n) is 10.6. The molecule has 3 rings (SSSR count). The molecule has 2 aromatic rings. The lowest BCUT2D eigenvalue weighted by Gasteiger charge is -2.42. The topological polar surface area (TPSA) is 68.0 Å². The summed E-state index contributed by atoms with van der Waals surface area (Å²) in [6.45, 7) is 7.37. The van der Waals surface area contributed by atoms with Crippen LogP contribution in [0, 0.1) is 0 Å². The monoisotopic (exact) mass is 411 g/mol. The molecule has 1 heterocycles. The van der Waals surface area contributed by atoms with Crippen LogP contribution >= 0.6 is 0 Å². The Hall–Kier alpha value is -2.73. The SMILES string of the molecule is COc1ccc(N2CCN(CCC(N)=O)C(Cc3ccccc3)C2)cc1OC(C)C. The molecule has 1 amide bonds. The number of amides is 1. The molecule has 0 aromatic heterocycles. The molecule has 1 unspecified atom stereocenters. The molecule has 2 N–H and O–H groups in total. The van der Waals surface area contributed by atoms with Crippen LogP contribution in [-0.4, -0.2) is 56.2 Å². The molecule has 1 fully saturated rings. The highest BCUT2D eigenvalue weighted by atomic mass is 16.5. The number of hydrogen-bond donors (Lipinski definition) is 1. The van der Waals surface area contributed by atoms with Crippen molar-refractivity contribution in [3.63, 3.8) is 0 Å². The molecule has 1 aliphatic heterocycles. The third-order valence-electron chi connectivity index (χ3n) is 5.44. The minimum atomic E-state index is -0.249. The van der Waals surface area contributed by atoms with Gasteiger partial charge in [-0.2, -0.15) is 0 Å². The van der Waals surface area contributed by atoms with Gasteiger partial charge in [-0.25, -0.2) is 0 Å². The first-order chi connectivity index (χ1) is 14.5. The number of carbonyl (C=O) groups excluding carboxylic acids is 1. The molecule has 1 aliphatic rings. The van der Waals surface area contributed by atoms with Gasteiger partial charge >= 0.3 is 0 Å². The van der Waals surface area contributed by atoms with Crippen molar-refractivity contribution >= 4 is 11.6 Å². The lowest BCUT2D eigenvalue weighted by Crippen LogP contribution is -2.54. The van der Waals surface area contributed by atoms with Gasteiger partial charge in [0, 0.05) is 50.4 Å². The van der Waals surface area contributed by atoms with Gasteiger partial charge in [0.2, 0.25) is 5.91 Å². The molecule has 6 heteroatoms. The predicted octanol–water partition coefficient (Wildman–Crippen LogP) is 3.09. The quantitative estimate of drug-likeness (QED) is 0.687. The number of primary amides is 1. The second-order valence-corrected chi connectivity index (χ2v) is 8.04. The van der Waals surface area contributed by atoms with Crippen molar-refractivity contribution in [2.45, 2.75) is 38.8 Å². The summed E-state index contributed by atoms with van der Waals surface area (Å²) in [5.74, 6) is 1.26. The van der Waals surface area contributed by atoms with Crippen LogP contribution < -0.4 is 20.1 Å². The van der Waals surface area contributed by atoms with Gasteiger partial charge in [0.05, 0.1) is 13.2 Å². The van der Waals surface area contributed by atoms with Crippen LogP contribution in [0.2, 0.25) is 0 Å². The number of ether oxygens (including phenoxy) is 2. The highest BCUT2D eigenvalue weighted by Gasteiger charge is 2.28. The Morgan fingerprint density at radius 1 is 1.13 bits per heavy atom. The summed E-state index contributed by atoms with van der Waals surface area (Å²) in [5, 5.41) is 0. The Bertz CT molecular complexity index is 826. The van der Waals surface area contributed by atoms with E-state index in [1.54, 1.807) is 7.11 Å². The van der Waals surface area contributed by atoms with Gasteiger partial charge in [-0.05, 0) is 38.0 Å². The molecular weight excluding hydrogens is 378 g/mol. The Labute approximate surface area is 179 Å². The fourth-order valence-electron chi connectivity index (χ4n) is 3.96. The summed E-state index contributed by atoms with van der Waals surface area (Å²) in [7, 11) is 1.66. The number of nitrogens with two attached hydrogens (primary N) is 1. The number of anilines is 1. The van der Waals surface area contributed by atoms with E-state index in [0.717, 1.165) is 43.2 Å². The maximum Gasteiger partial charge on any atom is 0.218 e. The average molecular weight is 412 g/mol. The molecular formula is C24H33N3O3. The highest BCUT2D eigenvalue weighted by molar-refractivity contribution is 5.73. The van der Waals surface area contributed by atoms with Crippen LogP contribution in [0.15, 0.2) is 48.5 Å². The average Bonchev–Trinajstić information content (AvgIpc) is 2.73. The first-order valence-corrected chi connectivity index (χ1v) is 10.6. The third kappa shape index (κ3) is 5.89. The molecule has 162 valence electrons. The Kier molecular flexibility index (Phi) is 7.57. The number of rotatable bonds is 9. The summed E-state index contributed by atoms with van der Waals surface area (Å²) in [5.41, 5.74) is 7.83. The number of benzene rings is 2. The molecule has 30 heavy (non-hydrogen) atoms. The van der Waals surface area contributed by atoms with Crippen molar-refractivity contribution < 1.29 is 14.3 Å². The van der Waals surface area contributed by atoms with Crippen molar-refractivity contribution in [2.24, 2.45) is 5.73 Å². The molecule has 0 aliphatic carbocycles. The third-order valence-corrected chi connectivity index (χ3v) is 5.44. The van der Waals surface area contributed by atoms with Gasteiger partial charge in [0.15, 0.2) is 11.5 Å². The van der Waals surface area contributed by atoms with Crippen LogP contribution in [0.1, 0.15) is 25.8 Å². The first kappa shape index (κ1) is 22.0. The second kappa shape index (κ2) is 10.3. The highest BCUT2D eigenvalue weighted by Crippen LogP contribution is 2.33. The Morgan fingerprint density at radius 2 is 1.90 bits per heavy atom. The van der Waals surface area contributed by atoms with E-state index in [4.69, 9.17) is 15.2 Å². The smallest absolute Gasteiger partial charge is 0.218 e. The molecule has 0 spiro atoms. The van der Waals surface area contributed by atoms with Gasteiger partial charge in [-0.15, -0.1) is 0 Å². The lowest BCUT2D eigenvalue weighted by molar-refractivity contribution is -0.118. The number of methoxy groups -OCH3 is 1. The van der Waals surface area contributed by atoms with Crippen molar-refractivity contribution in [2.75, 3.05) is 38.2 Å². The zero-order valence-corrected chi connectivity index (χ0v) is 18.2. The van der Waals surface area contributed by atoms with E-state index in [-0.39, 0.29) is 12.0 Å². The van der Waals surface area contributed by atoms with Gasteiger partial charge in [0.25, 0.3) is 0 Å². The number of hydrogen-bond acceptors (Lipinski definition) is 5. The molecule has 0 radical (unpaired) electrons. The molecule has 1 saturated heterocycles. The molecule has 0 bridgehead atoms. The normalized spacial score (nSPS) is 17.2. The molecule has 6 nitrogen and oxygen atoms in total. The number of carbonyl (C=O) groups is 1. The predicted molar refractivity (Wildman–Crippen MR) is 120 cm³/mol. The summed E-state index contributed by atoms with van der Waals surface area (Å²) < 4.78 is 11.4. The van der Waals surface area contributed by atoms with Crippen LogP contribution in [0.25, 0.3) is 0 Å². The van der Waals surface area contributed by atoms with E-state index in [1.165, 1.54) is 5.56 Å². The van der Waals surface area contributed by atoms with Crippen LogP contribution in [-0.2, 0) is 11.2 Å². The van der Waals surface area contributed by atoms with E-state index in [2.05, 4.69) is 46.2 Å². The van der Waals surface area contributed by atoms with Crippen molar-refractivity contribution in [3.8, 4) is 11.5 Å². The van der Waals surface area contributed by atoms with Crippen molar-refractivity contribution in [3.05, 3.63) is 54.1 Å². The Morgan fingerprint density at radius 3 is 2.57 bits per heavy atom. The van der Waals surface area contributed by atoms with Gasteiger partial charge in [-0.3, -0.25) is 9.69 Å². The van der Waals surface area contributed by atoms with E-state index in [0.29, 0.717) is 19.0 Å². The zero-order valence-electron chi connectivity index (χ0n) is 18.2. The summed E-state index contributed by atoms with van der Waals surface area (Å²) in [4.78, 5) is 16.1. The van der Waals surface area contributed by atoms with E-state index >= 15 is 0 Å². The lowest BCUT2D eigenvalue weighted by atomic mass is 10.0. The minimum Gasteiger partial charge on any atom is -0.493 e. The summed E-state index contributed by atoms with van der Waals surface area (Å²) in [6, 6.07) is 16.9. The van der Waals surface area contributed by atoms with Gasteiger partial charge in [-0.1, -0.05) is 30.3 Å². The fourth-order valence-corrected chi connectivity index (χ4v) is 3.96. The number of piperazine rings is 1.